The molecular formula is C26H29Cl2FN2. The summed E-state index contributed by atoms with van der Waals surface area (Å²) in [5, 5.41) is 0. The molecule has 0 aromatic heterocycles. The fourth-order valence-corrected chi connectivity index (χ4v) is 4.00. The average molecular weight is 459 g/mol. The third-order valence-corrected chi connectivity index (χ3v) is 5.55. The van der Waals surface area contributed by atoms with Crippen molar-refractivity contribution in [1.29, 1.82) is 0 Å². The van der Waals surface area contributed by atoms with E-state index in [1.807, 2.05) is 24.3 Å². The lowest BCUT2D eigenvalue weighted by Crippen LogP contribution is -2.47. The van der Waals surface area contributed by atoms with Gasteiger partial charge in [0.15, 0.2) is 0 Å². The number of halogens is 3. The van der Waals surface area contributed by atoms with E-state index in [-0.39, 0.29) is 36.7 Å². The van der Waals surface area contributed by atoms with Gasteiger partial charge in [-0.25, -0.2) is 4.39 Å². The van der Waals surface area contributed by atoms with Crippen LogP contribution >= 0.6 is 24.8 Å². The molecule has 2 nitrogen and oxygen atoms in total. The van der Waals surface area contributed by atoms with Crippen LogP contribution < -0.4 is 0 Å². The van der Waals surface area contributed by atoms with E-state index < -0.39 is 0 Å². The highest BCUT2D eigenvalue weighted by atomic mass is 35.5. The zero-order valence-electron chi connectivity index (χ0n) is 17.4. The van der Waals surface area contributed by atoms with Gasteiger partial charge in [-0.05, 0) is 28.8 Å². The van der Waals surface area contributed by atoms with Gasteiger partial charge in [-0.3, -0.25) is 9.80 Å². The van der Waals surface area contributed by atoms with E-state index in [0.29, 0.717) is 0 Å². The number of rotatable bonds is 6. The van der Waals surface area contributed by atoms with E-state index >= 15 is 0 Å². The summed E-state index contributed by atoms with van der Waals surface area (Å²) in [5.41, 5.74) is 3.65. The van der Waals surface area contributed by atoms with Crippen molar-refractivity contribution in [2.75, 3.05) is 32.7 Å². The van der Waals surface area contributed by atoms with Crippen LogP contribution in [0.1, 0.15) is 22.7 Å². The Bertz CT molecular complexity index is 909. The van der Waals surface area contributed by atoms with E-state index in [0.717, 1.165) is 38.3 Å². The van der Waals surface area contributed by atoms with Crippen LogP contribution in [0, 0.1) is 5.82 Å². The Morgan fingerprint density at radius 2 is 1.26 bits per heavy atom. The van der Waals surface area contributed by atoms with Gasteiger partial charge in [-0.1, -0.05) is 84.9 Å². The first-order valence-corrected chi connectivity index (χ1v) is 10.3. The molecule has 0 aliphatic carbocycles. The molecule has 1 aliphatic rings. The minimum Gasteiger partial charge on any atom is -0.297 e. The standard InChI is InChI=1S/C26H27FN2.2ClH/c27-25-15-13-24(14-16-25)26(23-11-5-2-6-12-23)29-20-18-28(19-21-29)17-7-10-22-8-3-1-4-9-22;;/h1-16,26H,17-21H2;2*1H. The molecule has 0 bridgehead atoms. The van der Waals surface area contributed by atoms with Gasteiger partial charge in [-0.2, -0.15) is 0 Å². The molecule has 4 rings (SSSR count). The molecule has 1 aliphatic heterocycles. The molecule has 5 heteroatoms. The Hall–Kier alpha value is -2.17. The lowest BCUT2D eigenvalue weighted by molar-refractivity contribution is 0.118. The molecule has 1 saturated heterocycles. The van der Waals surface area contributed by atoms with Gasteiger partial charge >= 0.3 is 0 Å². The van der Waals surface area contributed by atoms with E-state index in [9.17, 15) is 4.39 Å². The van der Waals surface area contributed by atoms with Gasteiger partial charge in [-0.15, -0.1) is 24.8 Å². The fourth-order valence-electron chi connectivity index (χ4n) is 4.00. The van der Waals surface area contributed by atoms with Gasteiger partial charge < -0.3 is 0 Å². The highest BCUT2D eigenvalue weighted by molar-refractivity contribution is 5.85. The van der Waals surface area contributed by atoms with Crippen LogP contribution in [0.5, 0.6) is 0 Å². The zero-order valence-corrected chi connectivity index (χ0v) is 19.1. The van der Waals surface area contributed by atoms with Crippen molar-refractivity contribution in [2.24, 2.45) is 0 Å². The van der Waals surface area contributed by atoms with Crippen LogP contribution in [0.3, 0.4) is 0 Å². The van der Waals surface area contributed by atoms with Crippen molar-refractivity contribution in [3.05, 3.63) is 114 Å². The van der Waals surface area contributed by atoms with Crippen LogP contribution in [0.4, 0.5) is 4.39 Å². The van der Waals surface area contributed by atoms with Crippen molar-refractivity contribution in [3.63, 3.8) is 0 Å². The first-order chi connectivity index (χ1) is 14.3. The second-order valence-corrected chi connectivity index (χ2v) is 7.51. The summed E-state index contributed by atoms with van der Waals surface area (Å²) >= 11 is 0. The van der Waals surface area contributed by atoms with Crippen molar-refractivity contribution >= 4 is 30.9 Å². The summed E-state index contributed by atoms with van der Waals surface area (Å²) < 4.78 is 13.5. The number of nitrogens with zero attached hydrogens (tertiary/aromatic N) is 2. The molecule has 1 atom stereocenters. The van der Waals surface area contributed by atoms with Crippen LogP contribution in [0.15, 0.2) is 91.0 Å². The number of hydrogen-bond donors (Lipinski definition) is 0. The van der Waals surface area contributed by atoms with Gasteiger partial charge in [0.2, 0.25) is 0 Å². The lowest BCUT2D eigenvalue weighted by atomic mass is 9.96. The molecule has 0 radical (unpaired) electrons. The van der Waals surface area contributed by atoms with Crippen molar-refractivity contribution in [2.45, 2.75) is 6.04 Å². The minimum absolute atomic E-state index is 0. The molecule has 1 fully saturated rings. The van der Waals surface area contributed by atoms with Crippen molar-refractivity contribution in [3.8, 4) is 0 Å². The summed E-state index contributed by atoms with van der Waals surface area (Å²) in [7, 11) is 0. The third kappa shape index (κ3) is 6.91. The Balaban J connectivity index is 0.00000171. The summed E-state index contributed by atoms with van der Waals surface area (Å²) in [5.74, 6) is -0.185. The first-order valence-electron chi connectivity index (χ1n) is 10.3. The molecular weight excluding hydrogens is 430 g/mol. The second-order valence-electron chi connectivity index (χ2n) is 7.51. The fraction of sp³-hybridized carbons (Fsp3) is 0.231. The number of piperazine rings is 1. The average Bonchev–Trinajstić information content (AvgIpc) is 2.78. The first kappa shape index (κ1) is 25.1. The molecule has 0 spiro atoms. The summed E-state index contributed by atoms with van der Waals surface area (Å²) in [4.78, 5) is 5.00. The van der Waals surface area contributed by atoms with Gasteiger partial charge in [0.25, 0.3) is 0 Å². The maximum absolute atomic E-state index is 13.5. The molecule has 0 N–H and O–H groups in total. The molecule has 3 aromatic carbocycles. The van der Waals surface area contributed by atoms with E-state index in [1.54, 1.807) is 12.1 Å². The molecule has 3 aromatic rings. The van der Waals surface area contributed by atoms with Gasteiger partial charge in [0, 0.05) is 32.7 Å². The molecule has 0 saturated carbocycles. The number of benzene rings is 3. The van der Waals surface area contributed by atoms with Gasteiger partial charge in [0.1, 0.15) is 5.82 Å². The van der Waals surface area contributed by atoms with Crippen LogP contribution in [-0.4, -0.2) is 42.5 Å². The maximum Gasteiger partial charge on any atom is 0.123 e. The highest BCUT2D eigenvalue weighted by Crippen LogP contribution is 2.29. The highest BCUT2D eigenvalue weighted by Gasteiger charge is 2.26. The summed E-state index contributed by atoms with van der Waals surface area (Å²) in [6, 6.07) is 28.1. The van der Waals surface area contributed by atoms with Crippen LogP contribution in [0.25, 0.3) is 6.08 Å². The second kappa shape index (κ2) is 12.6. The largest absolute Gasteiger partial charge is 0.297 e. The summed E-state index contributed by atoms with van der Waals surface area (Å²) in [6.07, 6.45) is 4.44. The van der Waals surface area contributed by atoms with Crippen molar-refractivity contribution in [1.82, 2.24) is 9.80 Å². The minimum atomic E-state index is -0.185. The predicted octanol–water partition coefficient (Wildman–Crippen LogP) is 6.09. The quantitative estimate of drug-likeness (QED) is 0.440. The number of hydrogen-bond acceptors (Lipinski definition) is 2. The molecule has 1 unspecified atom stereocenters. The normalized spacial score (nSPS) is 15.8. The van der Waals surface area contributed by atoms with E-state index in [1.165, 1.54) is 11.1 Å². The molecule has 0 amide bonds. The van der Waals surface area contributed by atoms with Gasteiger partial charge in [0.05, 0.1) is 6.04 Å². The summed E-state index contributed by atoms with van der Waals surface area (Å²) in [6.45, 7) is 5.02. The molecule has 31 heavy (non-hydrogen) atoms. The predicted molar refractivity (Wildman–Crippen MR) is 133 cm³/mol. The Morgan fingerprint density at radius 3 is 1.87 bits per heavy atom. The Morgan fingerprint density at radius 1 is 0.710 bits per heavy atom. The Labute approximate surface area is 197 Å². The third-order valence-electron chi connectivity index (χ3n) is 5.55. The molecule has 1 heterocycles. The van der Waals surface area contributed by atoms with E-state index in [4.69, 9.17) is 0 Å². The van der Waals surface area contributed by atoms with Crippen LogP contribution in [0.2, 0.25) is 0 Å². The Kier molecular flexibility index (Phi) is 10.2. The van der Waals surface area contributed by atoms with Crippen LogP contribution in [-0.2, 0) is 0 Å². The zero-order chi connectivity index (χ0) is 19.9. The SMILES string of the molecule is Cl.Cl.Fc1ccc(C(c2ccccc2)N2CCN(CC=Cc3ccccc3)CC2)cc1. The lowest BCUT2D eigenvalue weighted by Gasteiger charge is -2.39. The smallest absolute Gasteiger partial charge is 0.123 e. The van der Waals surface area contributed by atoms with Crippen molar-refractivity contribution < 1.29 is 4.39 Å². The van der Waals surface area contributed by atoms with E-state index in [2.05, 4.69) is 70.5 Å². The maximum atomic E-state index is 13.5. The monoisotopic (exact) mass is 458 g/mol. The molecule has 164 valence electrons. The topological polar surface area (TPSA) is 6.48 Å².